The van der Waals surface area contributed by atoms with Crippen molar-refractivity contribution in [1.82, 2.24) is 24.9 Å². The van der Waals surface area contributed by atoms with Crippen molar-refractivity contribution in [3.8, 4) is 0 Å². The summed E-state index contributed by atoms with van der Waals surface area (Å²) in [4.78, 5) is 27.6. The van der Waals surface area contributed by atoms with Gasteiger partial charge in [-0.25, -0.2) is 4.79 Å². The van der Waals surface area contributed by atoms with Crippen LogP contribution in [0.25, 0.3) is 0 Å². The number of piperidine rings is 1. The fourth-order valence-electron chi connectivity index (χ4n) is 4.47. The number of alkyl halides is 3. The third-order valence-electron chi connectivity index (χ3n) is 5.93. The number of carbonyl (C=O) groups excluding carboxylic acids is 2. The summed E-state index contributed by atoms with van der Waals surface area (Å²) >= 11 is 0. The number of amides is 3. The van der Waals surface area contributed by atoms with Crippen molar-refractivity contribution in [2.45, 2.75) is 50.4 Å². The molecule has 154 valence electrons. The minimum atomic E-state index is -4.27. The molecule has 7 nitrogen and oxygen atoms in total. The van der Waals surface area contributed by atoms with Gasteiger partial charge in [-0.1, -0.05) is 0 Å². The molecule has 0 radical (unpaired) electrons. The number of likely N-dealkylation sites (tertiary alicyclic amines) is 2. The molecular weight excluding hydrogens is 375 g/mol. The van der Waals surface area contributed by atoms with Gasteiger partial charge in [0.1, 0.15) is 6.54 Å². The van der Waals surface area contributed by atoms with Crippen molar-refractivity contribution < 1.29 is 22.8 Å². The second kappa shape index (κ2) is 6.97. The zero-order valence-electron chi connectivity index (χ0n) is 15.5. The van der Waals surface area contributed by atoms with Crippen molar-refractivity contribution >= 4 is 11.9 Å². The van der Waals surface area contributed by atoms with Crippen LogP contribution in [0.5, 0.6) is 0 Å². The number of hydrogen-bond acceptors (Lipinski definition) is 3. The monoisotopic (exact) mass is 399 g/mol. The van der Waals surface area contributed by atoms with Gasteiger partial charge in [-0.15, -0.1) is 0 Å². The molecule has 28 heavy (non-hydrogen) atoms. The molecule has 4 rings (SSSR count). The molecule has 3 aliphatic heterocycles. The molecule has 1 spiro atoms. The minimum absolute atomic E-state index is 0.0169. The molecule has 0 saturated carbocycles. The summed E-state index contributed by atoms with van der Waals surface area (Å²) in [6.07, 6.45) is 2.34. The van der Waals surface area contributed by atoms with E-state index in [9.17, 15) is 22.8 Å². The van der Waals surface area contributed by atoms with E-state index in [-0.39, 0.29) is 17.5 Å². The smallest absolute Gasteiger partial charge is 0.347 e. The maximum absolute atomic E-state index is 12.6. The fraction of sp³-hybridized carbons (Fsp3) is 0.722. The number of rotatable bonds is 3. The predicted octanol–water partition coefficient (Wildman–Crippen LogP) is 1.78. The van der Waals surface area contributed by atoms with Crippen LogP contribution >= 0.6 is 0 Å². The van der Waals surface area contributed by atoms with Gasteiger partial charge in [-0.05, 0) is 37.2 Å². The van der Waals surface area contributed by atoms with Crippen LogP contribution in [0.4, 0.5) is 18.0 Å². The highest BCUT2D eigenvalue weighted by Crippen LogP contribution is 2.32. The molecule has 3 amide bonds. The second-order valence-corrected chi connectivity index (χ2v) is 8.26. The average molecular weight is 399 g/mol. The molecule has 0 unspecified atom stereocenters. The van der Waals surface area contributed by atoms with Crippen molar-refractivity contribution in [3.05, 3.63) is 18.0 Å². The molecule has 3 aliphatic rings. The SMILES string of the molecule is O=C1CCC2(CN(C(=O)N3CCC(Cc4cnn(CC(F)(F)F)c4)CC3)C2)N1. The fourth-order valence-corrected chi connectivity index (χ4v) is 4.47. The van der Waals surface area contributed by atoms with Crippen LogP contribution in [0.15, 0.2) is 12.4 Å². The van der Waals surface area contributed by atoms with E-state index in [4.69, 9.17) is 0 Å². The lowest BCUT2D eigenvalue weighted by Crippen LogP contribution is -2.70. The van der Waals surface area contributed by atoms with Crippen LogP contribution in [0.2, 0.25) is 0 Å². The standard InChI is InChI=1S/C18H24F3N5O2/c19-18(20,21)12-26-9-14(8-22-26)7-13-2-5-24(6-3-13)16(28)25-10-17(11-25)4-1-15(27)23-17/h8-9,13H,1-7,10-12H2,(H,23,27). The third kappa shape index (κ3) is 4.10. The molecule has 10 heteroatoms. The molecule has 1 N–H and O–H groups in total. The van der Waals surface area contributed by atoms with Gasteiger partial charge in [0.25, 0.3) is 0 Å². The van der Waals surface area contributed by atoms with Crippen LogP contribution in [0.1, 0.15) is 31.2 Å². The normalized spacial score (nSPS) is 22.5. The Bertz CT molecular complexity index is 749. The highest BCUT2D eigenvalue weighted by molar-refractivity contribution is 5.82. The minimum Gasteiger partial charge on any atom is -0.347 e. The summed E-state index contributed by atoms with van der Waals surface area (Å²) in [7, 11) is 0. The Balaban J connectivity index is 1.22. The molecule has 0 atom stereocenters. The van der Waals surface area contributed by atoms with Crippen LogP contribution < -0.4 is 5.32 Å². The molecule has 0 bridgehead atoms. The van der Waals surface area contributed by atoms with Crippen LogP contribution in [0, 0.1) is 5.92 Å². The van der Waals surface area contributed by atoms with Crippen molar-refractivity contribution in [2.24, 2.45) is 5.92 Å². The van der Waals surface area contributed by atoms with Crippen molar-refractivity contribution in [3.63, 3.8) is 0 Å². The van der Waals surface area contributed by atoms with Crippen LogP contribution in [-0.4, -0.2) is 69.4 Å². The van der Waals surface area contributed by atoms with E-state index in [1.165, 1.54) is 12.4 Å². The maximum atomic E-state index is 12.6. The highest BCUT2D eigenvalue weighted by atomic mass is 19.4. The molecule has 1 aromatic heterocycles. The first-order valence-electron chi connectivity index (χ1n) is 9.64. The molecule has 1 aromatic rings. The van der Waals surface area contributed by atoms with Gasteiger partial charge in [-0.2, -0.15) is 18.3 Å². The van der Waals surface area contributed by atoms with Gasteiger partial charge in [0.15, 0.2) is 0 Å². The van der Waals surface area contributed by atoms with Crippen molar-refractivity contribution in [1.29, 1.82) is 0 Å². The second-order valence-electron chi connectivity index (χ2n) is 8.26. The van der Waals surface area contributed by atoms with Crippen LogP contribution in [-0.2, 0) is 17.8 Å². The van der Waals surface area contributed by atoms with Crippen LogP contribution in [0.3, 0.4) is 0 Å². The number of urea groups is 1. The van der Waals surface area contributed by atoms with E-state index in [2.05, 4.69) is 10.4 Å². The molecule has 4 heterocycles. The van der Waals surface area contributed by atoms with E-state index < -0.39 is 12.7 Å². The largest absolute Gasteiger partial charge is 0.408 e. The summed E-state index contributed by atoms with van der Waals surface area (Å²) in [5.41, 5.74) is 0.595. The Hall–Kier alpha value is -2.26. The summed E-state index contributed by atoms with van der Waals surface area (Å²) in [5, 5.41) is 6.76. The Kier molecular flexibility index (Phi) is 4.75. The summed E-state index contributed by atoms with van der Waals surface area (Å²) in [5.74, 6) is 0.399. The van der Waals surface area contributed by atoms with E-state index >= 15 is 0 Å². The number of nitrogens with zero attached hydrogens (tertiary/aromatic N) is 4. The summed E-state index contributed by atoms with van der Waals surface area (Å²) in [6, 6.07) is 0.0169. The first-order chi connectivity index (χ1) is 13.2. The zero-order chi connectivity index (χ0) is 19.9. The Morgan fingerprint density at radius 1 is 1.25 bits per heavy atom. The predicted molar refractivity (Wildman–Crippen MR) is 93.4 cm³/mol. The lowest BCUT2D eigenvalue weighted by Gasteiger charge is -2.49. The summed E-state index contributed by atoms with van der Waals surface area (Å²) in [6.45, 7) is 1.38. The number of nitrogens with one attached hydrogen (secondary N) is 1. The third-order valence-corrected chi connectivity index (χ3v) is 5.93. The zero-order valence-corrected chi connectivity index (χ0v) is 15.5. The van der Waals surface area contributed by atoms with Gasteiger partial charge in [0.05, 0.1) is 11.7 Å². The average Bonchev–Trinajstić information content (AvgIpc) is 3.18. The Morgan fingerprint density at radius 2 is 1.96 bits per heavy atom. The van der Waals surface area contributed by atoms with E-state index in [1.54, 1.807) is 4.90 Å². The highest BCUT2D eigenvalue weighted by Gasteiger charge is 2.50. The number of aromatic nitrogens is 2. The topological polar surface area (TPSA) is 70.5 Å². The number of halogens is 3. The summed E-state index contributed by atoms with van der Waals surface area (Å²) < 4.78 is 38.2. The van der Waals surface area contributed by atoms with E-state index in [1.807, 2.05) is 4.90 Å². The lowest BCUT2D eigenvalue weighted by molar-refractivity contribution is -0.142. The molecule has 3 fully saturated rings. The quantitative estimate of drug-likeness (QED) is 0.843. The Labute approximate surface area is 160 Å². The van der Waals surface area contributed by atoms with Gasteiger partial charge >= 0.3 is 12.2 Å². The molecule has 3 saturated heterocycles. The lowest BCUT2D eigenvalue weighted by atomic mass is 9.88. The maximum Gasteiger partial charge on any atom is 0.408 e. The van der Waals surface area contributed by atoms with Gasteiger partial charge in [-0.3, -0.25) is 9.48 Å². The Morgan fingerprint density at radius 3 is 2.57 bits per heavy atom. The van der Waals surface area contributed by atoms with E-state index in [0.717, 1.165) is 29.5 Å². The number of hydrogen-bond donors (Lipinski definition) is 1. The molecular formula is C18H24F3N5O2. The molecule has 0 aromatic carbocycles. The van der Waals surface area contributed by atoms with E-state index in [0.29, 0.717) is 44.9 Å². The van der Waals surface area contributed by atoms with Crippen molar-refractivity contribution in [2.75, 3.05) is 26.2 Å². The first kappa shape index (κ1) is 19.1. The number of carbonyl (C=O) groups is 2. The van der Waals surface area contributed by atoms with Gasteiger partial charge < -0.3 is 15.1 Å². The van der Waals surface area contributed by atoms with Gasteiger partial charge in [0, 0.05) is 38.8 Å². The van der Waals surface area contributed by atoms with Gasteiger partial charge in [0.2, 0.25) is 5.91 Å². The molecule has 0 aliphatic carbocycles. The first-order valence-corrected chi connectivity index (χ1v) is 9.64.